The van der Waals surface area contributed by atoms with Crippen LogP contribution in [-0.2, 0) is 33.4 Å². The van der Waals surface area contributed by atoms with E-state index < -0.39 is 37.0 Å². The molecule has 0 amide bonds. The first-order chi connectivity index (χ1) is 6.70. The van der Waals surface area contributed by atoms with Crippen molar-refractivity contribution in [1.29, 1.82) is 0 Å². The standard InChI is InChI=1S/C6H10O7S2/c1-4-6(3-7)13-15(10,11)5(2)14(8,9)12-4/h3-6H,1-2H3. The van der Waals surface area contributed by atoms with Crippen LogP contribution < -0.4 is 0 Å². The SMILES string of the molecule is CC1OS(=O)(=O)C(C)S(=O)(=O)OC1C=O. The molecular weight excluding hydrogens is 248 g/mol. The fourth-order valence-corrected chi connectivity index (χ4v) is 3.72. The lowest BCUT2D eigenvalue weighted by Crippen LogP contribution is -2.30. The summed E-state index contributed by atoms with van der Waals surface area (Å²) < 4.78 is 52.2. The van der Waals surface area contributed by atoms with Crippen LogP contribution in [0.1, 0.15) is 13.8 Å². The second kappa shape index (κ2) is 3.81. The summed E-state index contributed by atoms with van der Waals surface area (Å²) in [7, 11) is -8.61. The minimum absolute atomic E-state index is 0.190. The Morgan fingerprint density at radius 1 is 1.00 bits per heavy atom. The van der Waals surface area contributed by atoms with E-state index >= 15 is 0 Å². The molecule has 9 heteroatoms. The molecule has 0 bridgehead atoms. The van der Waals surface area contributed by atoms with Gasteiger partial charge in [-0.2, -0.15) is 16.8 Å². The molecule has 7 nitrogen and oxygen atoms in total. The van der Waals surface area contributed by atoms with Gasteiger partial charge >= 0.3 is 0 Å². The lowest BCUT2D eigenvalue weighted by molar-refractivity contribution is -0.116. The highest BCUT2D eigenvalue weighted by Crippen LogP contribution is 2.23. The zero-order valence-electron chi connectivity index (χ0n) is 7.98. The minimum atomic E-state index is -4.34. The van der Waals surface area contributed by atoms with Gasteiger partial charge in [-0.15, -0.1) is 0 Å². The monoisotopic (exact) mass is 258 g/mol. The van der Waals surface area contributed by atoms with E-state index in [0.717, 1.165) is 6.92 Å². The van der Waals surface area contributed by atoms with Gasteiger partial charge in [0.15, 0.2) is 12.4 Å². The first-order valence-electron chi connectivity index (χ1n) is 4.00. The van der Waals surface area contributed by atoms with Crippen LogP contribution >= 0.6 is 0 Å². The number of aldehydes is 1. The summed E-state index contributed by atoms with van der Waals surface area (Å²) in [4.78, 5) is 10.5. The van der Waals surface area contributed by atoms with E-state index in [2.05, 4.69) is 8.37 Å². The number of carbonyl (C=O) groups is 1. The topological polar surface area (TPSA) is 104 Å². The summed E-state index contributed by atoms with van der Waals surface area (Å²) in [6.45, 7) is 2.16. The van der Waals surface area contributed by atoms with Crippen molar-refractivity contribution in [3.05, 3.63) is 0 Å². The largest absolute Gasteiger partial charge is 0.300 e. The molecule has 1 aliphatic heterocycles. The Morgan fingerprint density at radius 3 is 1.93 bits per heavy atom. The predicted molar refractivity (Wildman–Crippen MR) is 48.8 cm³/mol. The lowest BCUT2D eigenvalue weighted by Gasteiger charge is -2.11. The van der Waals surface area contributed by atoms with Gasteiger partial charge in [0.05, 0.1) is 0 Å². The Hall–Kier alpha value is -0.510. The van der Waals surface area contributed by atoms with Crippen LogP contribution in [0.4, 0.5) is 0 Å². The van der Waals surface area contributed by atoms with E-state index in [4.69, 9.17) is 0 Å². The molecule has 1 fully saturated rings. The Morgan fingerprint density at radius 2 is 1.47 bits per heavy atom. The summed E-state index contributed by atoms with van der Waals surface area (Å²) in [6, 6.07) is 0. The van der Waals surface area contributed by atoms with Crippen molar-refractivity contribution in [3.8, 4) is 0 Å². The molecule has 0 saturated carbocycles. The molecule has 88 valence electrons. The molecule has 0 aliphatic carbocycles. The Bertz CT molecular complexity index is 448. The van der Waals surface area contributed by atoms with Crippen molar-refractivity contribution in [1.82, 2.24) is 0 Å². The van der Waals surface area contributed by atoms with E-state index in [1.165, 1.54) is 6.92 Å². The third-order valence-electron chi connectivity index (χ3n) is 1.94. The van der Waals surface area contributed by atoms with E-state index in [0.29, 0.717) is 0 Å². The first kappa shape index (κ1) is 12.6. The molecule has 1 rings (SSSR count). The van der Waals surface area contributed by atoms with Crippen LogP contribution in [0, 0.1) is 0 Å². The van der Waals surface area contributed by atoms with Crippen LogP contribution in [0.5, 0.6) is 0 Å². The van der Waals surface area contributed by atoms with Crippen molar-refractivity contribution < 1.29 is 30.0 Å². The molecule has 0 radical (unpaired) electrons. The molecule has 0 spiro atoms. The van der Waals surface area contributed by atoms with Gasteiger partial charge in [0, 0.05) is 0 Å². The minimum Gasteiger partial charge on any atom is -0.300 e. The fourth-order valence-electron chi connectivity index (χ4n) is 0.934. The van der Waals surface area contributed by atoms with Gasteiger partial charge in [0.1, 0.15) is 6.10 Å². The fraction of sp³-hybridized carbons (Fsp3) is 0.833. The molecule has 15 heavy (non-hydrogen) atoms. The van der Waals surface area contributed by atoms with E-state index in [1.807, 2.05) is 0 Å². The second-order valence-electron chi connectivity index (χ2n) is 3.05. The second-order valence-corrected chi connectivity index (χ2v) is 7.12. The summed E-state index contributed by atoms with van der Waals surface area (Å²) in [5.41, 5.74) is 0. The molecule has 0 aromatic carbocycles. The van der Waals surface area contributed by atoms with Crippen molar-refractivity contribution in [2.75, 3.05) is 0 Å². The third-order valence-corrected chi connectivity index (χ3v) is 6.04. The molecule has 1 saturated heterocycles. The quantitative estimate of drug-likeness (QED) is 0.438. The van der Waals surface area contributed by atoms with Crippen molar-refractivity contribution in [3.63, 3.8) is 0 Å². The summed E-state index contributed by atoms with van der Waals surface area (Å²) in [5, 5.41) is 0. The highest BCUT2D eigenvalue weighted by molar-refractivity contribution is 8.04. The van der Waals surface area contributed by atoms with Gasteiger partial charge in [-0.05, 0) is 13.8 Å². The first-order valence-corrected chi connectivity index (χ1v) is 6.94. The molecular formula is C6H10O7S2. The molecule has 3 unspecified atom stereocenters. The van der Waals surface area contributed by atoms with Gasteiger partial charge in [-0.25, -0.2) is 0 Å². The van der Waals surface area contributed by atoms with Crippen LogP contribution in [0.3, 0.4) is 0 Å². The molecule has 1 heterocycles. The summed E-state index contributed by atoms with van der Waals surface area (Å²) in [6.07, 6.45) is -2.41. The average molecular weight is 258 g/mol. The van der Waals surface area contributed by atoms with Gasteiger partial charge in [-0.3, -0.25) is 8.37 Å². The van der Waals surface area contributed by atoms with Crippen LogP contribution in [0.25, 0.3) is 0 Å². The molecule has 3 atom stereocenters. The lowest BCUT2D eigenvalue weighted by atomic mass is 10.3. The summed E-state index contributed by atoms with van der Waals surface area (Å²) in [5.74, 6) is 0. The smallest absolute Gasteiger partial charge is 0.287 e. The van der Waals surface area contributed by atoms with Gasteiger partial charge in [0.2, 0.25) is 4.58 Å². The van der Waals surface area contributed by atoms with Crippen LogP contribution in [-0.4, -0.2) is 39.9 Å². The normalized spacial score (nSPS) is 39.2. The van der Waals surface area contributed by atoms with Gasteiger partial charge in [0.25, 0.3) is 20.2 Å². The van der Waals surface area contributed by atoms with Gasteiger partial charge < -0.3 is 4.79 Å². The maximum atomic E-state index is 11.3. The van der Waals surface area contributed by atoms with E-state index in [-0.39, 0.29) is 6.29 Å². The zero-order chi connectivity index (χ0) is 11.9. The Labute approximate surface area is 87.6 Å². The number of hydrogen-bond acceptors (Lipinski definition) is 7. The predicted octanol–water partition coefficient (Wildman–Crippen LogP) is -1.01. The Kier molecular flexibility index (Phi) is 3.19. The van der Waals surface area contributed by atoms with E-state index in [1.54, 1.807) is 0 Å². The number of carbonyl (C=O) groups excluding carboxylic acids is 1. The highest BCUT2D eigenvalue weighted by atomic mass is 32.3. The van der Waals surface area contributed by atoms with Crippen molar-refractivity contribution in [2.45, 2.75) is 30.6 Å². The maximum absolute atomic E-state index is 11.3. The Balaban J connectivity index is 3.26. The zero-order valence-corrected chi connectivity index (χ0v) is 9.62. The molecule has 0 aromatic heterocycles. The van der Waals surface area contributed by atoms with Crippen molar-refractivity contribution >= 4 is 26.5 Å². The highest BCUT2D eigenvalue weighted by Gasteiger charge is 2.44. The van der Waals surface area contributed by atoms with E-state index in [9.17, 15) is 21.6 Å². The molecule has 0 N–H and O–H groups in total. The number of hydrogen-bond donors (Lipinski definition) is 0. The summed E-state index contributed by atoms with van der Waals surface area (Å²) >= 11 is 0. The number of rotatable bonds is 1. The van der Waals surface area contributed by atoms with Crippen LogP contribution in [0.2, 0.25) is 0 Å². The third kappa shape index (κ3) is 2.36. The maximum Gasteiger partial charge on any atom is 0.287 e. The van der Waals surface area contributed by atoms with Gasteiger partial charge in [-0.1, -0.05) is 0 Å². The molecule has 0 aromatic rings. The van der Waals surface area contributed by atoms with Crippen LogP contribution in [0.15, 0.2) is 0 Å². The molecule has 1 aliphatic rings. The van der Waals surface area contributed by atoms with Crippen molar-refractivity contribution in [2.24, 2.45) is 0 Å². The average Bonchev–Trinajstić information content (AvgIpc) is 2.15.